The maximum atomic E-state index is 2.58. The Morgan fingerprint density at radius 2 is 1.22 bits per heavy atom. The normalized spacial score (nSPS) is 12.0. The second kappa shape index (κ2) is 4.65. The summed E-state index contributed by atoms with van der Waals surface area (Å²) in [5.74, 6) is 0. The van der Waals surface area contributed by atoms with Gasteiger partial charge in [-0.15, -0.1) is 0 Å². The maximum absolute atomic E-state index is 2.58. The molecule has 0 aromatic rings. The van der Waals surface area contributed by atoms with Crippen molar-refractivity contribution in [1.29, 1.82) is 0 Å². The van der Waals surface area contributed by atoms with Crippen molar-refractivity contribution in [2.75, 3.05) is 0 Å². The molecule has 0 radical (unpaired) electrons. The van der Waals surface area contributed by atoms with Crippen LogP contribution in [0.2, 0.25) is 17.7 Å². The van der Waals surface area contributed by atoms with E-state index in [1.807, 2.05) is 0 Å². The molecule has 0 aliphatic carbocycles. The number of hydrogen-bond acceptors (Lipinski definition) is 0. The van der Waals surface area contributed by atoms with Crippen LogP contribution in [0.25, 0.3) is 0 Å². The SMILES string of the molecule is CC[CH2][Hf]([CH3])([CH3])[CH2]CC. The van der Waals surface area contributed by atoms with Crippen LogP contribution in [-0.4, -0.2) is 0 Å². The number of rotatable bonds is 4. The van der Waals surface area contributed by atoms with E-state index in [9.17, 15) is 0 Å². The first-order valence-corrected chi connectivity index (χ1v) is 16.4. The average Bonchev–Trinajstić information content (AvgIpc) is 1.64. The van der Waals surface area contributed by atoms with Crippen molar-refractivity contribution < 1.29 is 20.0 Å². The third-order valence-corrected chi connectivity index (χ3v) is 15.2. The fourth-order valence-corrected chi connectivity index (χ4v) is 12.1. The molecule has 0 unspecified atom stereocenters. The minimum absolute atomic E-state index is 1.43. The van der Waals surface area contributed by atoms with Gasteiger partial charge in [-0.25, -0.2) is 0 Å². The third kappa shape index (κ3) is 5.32. The summed E-state index contributed by atoms with van der Waals surface area (Å²) in [7, 11) is 0. The first-order valence-electron chi connectivity index (χ1n) is 4.12. The summed E-state index contributed by atoms with van der Waals surface area (Å²) in [4.78, 5) is 0. The van der Waals surface area contributed by atoms with Gasteiger partial charge in [0.2, 0.25) is 0 Å². The van der Waals surface area contributed by atoms with Gasteiger partial charge in [0.25, 0.3) is 0 Å². The molecule has 0 fully saturated rings. The van der Waals surface area contributed by atoms with Crippen molar-refractivity contribution in [2.45, 2.75) is 44.4 Å². The van der Waals surface area contributed by atoms with Gasteiger partial charge in [0.15, 0.2) is 0 Å². The summed E-state index contributed by atoms with van der Waals surface area (Å²) >= 11 is -1.49. The van der Waals surface area contributed by atoms with Crippen LogP contribution < -0.4 is 0 Å². The Bertz CT molecular complexity index is 59.0. The molecule has 0 bridgehead atoms. The molecule has 0 amide bonds. The van der Waals surface area contributed by atoms with E-state index in [4.69, 9.17) is 0 Å². The second-order valence-corrected chi connectivity index (χ2v) is 22.8. The van der Waals surface area contributed by atoms with Gasteiger partial charge in [-0.05, 0) is 0 Å². The summed E-state index contributed by atoms with van der Waals surface area (Å²) in [6.45, 7) is 4.63. The van der Waals surface area contributed by atoms with E-state index in [1.165, 1.54) is 12.8 Å². The van der Waals surface area contributed by atoms with E-state index in [0.29, 0.717) is 0 Å². The van der Waals surface area contributed by atoms with Crippen LogP contribution in [0.1, 0.15) is 26.7 Å². The topological polar surface area (TPSA) is 0 Å². The van der Waals surface area contributed by atoms with Crippen LogP contribution in [0.4, 0.5) is 0 Å². The molecule has 0 nitrogen and oxygen atoms in total. The molecule has 9 heavy (non-hydrogen) atoms. The van der Waals surface area contributed by atoms with Crippen molar-refractivity contribution in [1.82, 2.24) is 0 Å². The van der Waals surface area contributed by atoms with Crippen LogP contribution in [0, 0.1) is 0 Å². The molecule has 0 aliphatic rings. The summed E-state index contributed by atoms with van der Waals surface area (Å²) in [5, 5.41) is 0. The molecule has 0 N–H and O–H groups in total. The van der Waals surface area contributed by atoms with Crippen molar-refractivity contribution in [3.05, 3.63) is 0 Å². The van der Waals surface area contributed by atoms with Crippen molar-refractivity contribution in [3.63, 3.8) is 0 Å². The molecule has 0 atom stereocenters. The summed E-state index contributed by atoms with van der Waals surface area (Å²) < 4.78 is 8.36. The Kier molecular flexibility index (Phi) is 5.10. The predicted molar refractivity (Wildman–Crippen MR) is 41.9 cm³/mol. The van der Waals surface area contributed by atoms with E-state index in [-0.39, 0.29) is 0 Å². The zero-order chi connectivity index (χ0) is 7.33. The molecule has 1 heteroatoms. The van der Waals surface area contributed by atoms with Crippen LogP contribution in [0.15, 0.2) is 0 Å². The number of hydrogen-bond donors (Lipinski definition) is 0. The van der Waals surface area contributed by atoms with E-state index >= 15 is 0 Å². The molecule has 0 rings (SSSR count). The Hall–Kier alpha value is 0.870. The zero-order valence-corrected chi connectivity index (χ0v) is 10.9. The Labute approximate surface area is 64.4 Å². The zero-order valence-electron chi connectivity index (χ0n) is 7.33. The van der Waals surface area contributed by atoms with Gasteiger partial charge in [0.05, 0.1) is 0 Å². The second-order valence-electron chi connectivity index (χ2n) is 3.66. The molecular formula is C8H20Hf. The molecule has 0 aliphatic heterocycles. The van der Waals surface area contributed by atoms with Crippen LogP contribution >= 0.6 is 0 Å². The summed E-state index contributed by atoms with van der Waals surface area (Å²) in [6.07, 6.45) is 2.85. The molecule has 0 spiro atoms. The standard InChI is InChI=1S/2C3H7.2CH3.Hf/c2*1-3-2;;;/h2*1,3H2,2H3;2*1H3;. The first-order chi connectivity index (χ1) is 4.12. The summed E-state index contributed by atoms with van der Waals surface area (Å²) in [6, 6.07) is 0. The fraction of sp³-hybridized carbons (Fsp3) is 1.00. The molecule has 0 heterocycles. The monoisotopic (exact) mass is 296 g/mol. The Morgan fingerprint density at radius 3 is 1.44 bits per heavy atom. The van der Waals surface area contributed by atoms with E-state index in [1.54, 1.807) is 8.35 Å². The van der Waals surface area contributed by atoms with Crippen molar-refractivity contribution >= 4 is 0 Å². The molecule has 0 aromatic heterocycles. The first kappa shape index (κ1) is 9.87. The molecular weight excluding hydrogens is 275 g/mol. The third-order valence-electron chi connectivity index (χ3n) is 1.85. The van der Waals surface area contributed by atoms with Gasteiger partial charge in [0, 0.05) is 0 Å². The van der Waals surface area contributed by atoms with Gasteiger partial charge in [-0.1, -0.05) is 0 Å². The van der Waals surface area contributed by atoms with Crippen molar-refractivity contribution in [2.24, 2.45) is 0 Å². The average molecular weight is 295 g/mol. The Balaban J connectivity index is 3.43. The van der Waals surface area contributed by atoms with E-state index in [0.717, 1.165) is 0 Å². The van der Waals surface area contributed by atoms with Crippen LogP contribution in [0.5, 0.6) is 0 Å². The molecule has 0 saturated heterocycles. The van der Waals surface area contributed by atoms with Crippen LogP contribution in [0.3, 0.4) is 0 Å². The van der Waals surface area contributed by atoms with Gasteiger partial charge in [-0.2, -0.15) is 0 Å². The predicted octanol–water partition coefficient (Wildman–Crippen LogP) is 3.89. The quantitative estimate of drug-likeness (QED) is 0.690. The van der Waals surface area contributed by atoms with E-state index < -0.39 is 20.0 Å². The Morgan fingerprint density at radius 1 is 0.889 bits per heavy atom. The van der Waals surface area contributed by atoms with Crippen LogP contribution in [-0.2, 0) is 20.0 Å². The summed E-state index contributed by atoms with van der Waals surface area (Å²) in [5.41, 5.74) is 0. The van der Waals surface area contributed by atoms with Gasteiger partial charge in [-0.3, -0.25) is 0 Å². The molecule has 0 aromatic carbocycles. The van der Waals surface area contributed by atoms with Gasteiger partial charge >= 0.3 is 64.4 Å². The van der Waals surface area contributed by atoms with Crippen molar-refractivity contribution in [3.8, 4) is 0 Å². The van der Waals surface area contributed by atoms with E-state index in [2.05, 4.69) is 23.2 Å². The molecule has 56 valence electrons. The van der Waals surface area contributed by atoms with Gasteiger partial charge < -0.3 is 0 Å². The van der Waals surface area contributed by atoms with Gasteiger partial charge in [0.1, 0.15) is 0 Å². The fourth-order valence-electron chi connectivity index (χ4n) is 1.48. The minimum atomic E-state index is -1.49. The molecule has 0 saturated carbocycles.